The molecule has 186 valence electrons. The first-order valence-electron chi connectivity index (χ1n) is 11.6. The van der Waals surface area contributed by atoms with E-state index in [1.165, 1.54) is 10.6 Å². The molecule has 2 aliphatic rings. The number of benzene rings is 1. The third-order valence-corrected chi connectivity index (χ3v) is 6.90. The number of ether oxygens (including phenoxy) is 2. The number of aryl methyl sites for hydroxylation is 1. The maximum Gasteiger partial charge on any atom is 0.279 e. The van der Waals surface area contributed by atoms with E-state index in [0.29, 0.717) is 44.7 Å². The monoisotopic (exact) mass is 511 g/mol. The van der Waals surface area contributed by atoms with Crippen LogP contribution in [0.5, 0.6) is 0 Å². The van der Waals surface area contributed by atoms with Gasteiger partial charge in [0.25, 0.3) is 5.56 Å². The number of hydrogen-bond acceptors (Lipinski definition) is 8. The second-order valence-corrected chi connectivity index (χ2v) is 9.40. The number of nitrogens with zero attached hydrogens (tertiary/aromatic N) is 7. The van der Waals surface area contributed by atoms with Crippen molar-refractivity contribution in [2.24, 2.45) is 7.05 Å². The number of fused-ring (bicyclic) bond motifs is 1. The van der Waals surface area contributed by atoms with Crippen LogP contribution in [0.15, 0.2) is 35.4 Å². The molecule has 0 bridgehead atoms. The average Bonchev–Trinajstić information content (AvgIpc) is 3.31. The Hall–Kier alpha value is -3.41. The molecule has 6 rings (SSSR count). The van der Waals surface area contributed by atoms with Gasteiger partial charge in [0.05, 0.1) is 38.6 Å². The summed E-state index contributed by atoms with van der Waals surface area (Å²) in [6.07, 6.45) is 3.51. The van der Waals surface area contributed by atoms with Gasteiger partial charge in [0, 0.05) is 35.9 Å². The fraction of sp³-hybridized carbons (Fsp3) is 0.375. The van der Waals surface area contributed by atoms with Gasteiger partial charge in [0.2, 0.25) is 5.95 Å². The van der Waals surface area contributed by atoms with Crippen molar-refractivity contribution in [3.05, 3.63) is 63.2 Å². The van der Waals surface area contributed by atoms with Gasteiger partial charge in [-0.3, -0.25) is 14.0 Å². The quantitative estimate of drug-likeness (QED) is 0.412. The first-order chi connectivity index (χ1) is 17.4. The van der Waals surface area contributed by atoms with Crippen LogP contribution >= 0.6 is 11.6 Å². The molecular weight excluding hydrogens is 489 g/mol. The highest BCUT2D eigenvalue weighted by atomic mass is 35.5. The van der Waals surface area contributed by atoms with E-state index in [4.69, 9.17) is 26.1 Å². The lowest BCUT2D eigenvalue weighted by Crippen LogP contribution is -2.39. The van der Waals surface area contributed by atoms with Gasteiger partial charge in [-0.2, -0.15) is 5.10 Å². The van der Waals surface area contributed by atoms with Crippen LogP contribution < -0.4 is 10.5 Å². The number of rotatable bonds is 4. The van der Waals surface area contributed by atoms with Crippen molar-refractivity contribution in [2.45, 2.75) is 19.1 Å². The van der Waals surface area contributed by atoms with Gasteiger partial charge >= 0.3 is 0 Å². The van der Waals surface area contributed by atoms with Gasteiger partial charge in [-0.1, -0.05) is 11.6 Å². The second-order valence-electron chi connectivity index (χ2n) is 8.97. The maximum atomic E-state index is 15.0. The molecule has 0 amide bonds. The number of morpholine rings is 1. The third-order valence-electron chi connectivity index (χ3n) is 6.66. The predicted octanol–water partition coefficient (Wildman–Crippen LogP) is 2.84. The Morgan fingerprint density at radius 1 is 1.17 bits per heavy atom. The summed E-state index contributed by atoms with van der Waals surface area (Å²) in [5, 5.41) is 4.72. The molecule has 2 aliphatic heterocycles. The van der Waals surface area contributed by atoms with Crippen molar-refractivity contribution in [1.82, 2.24) is 29.3 Å². The van der Waals surface area contributed by atoms with Crippen molar-refractivity contribution in [2.75, 3.05) is 37.8 Å². The Kier molecular flexibility index (Phi) is 5.70. The van der Waals surface area contributed by atoms with Crippen molar-refractivity contribution in [1.29, 1.82) is 0 Å². The Balaban J connectivity index is 1.43. The van der Waals surface area contributed by atoms with E-state index in [1.807, 2.05) is 15.8 Å². The molecular formula is C24H23ClFN7O3. The summed E-state index contributed by atoms with van der Waals surface area (Å²) in [4.78, 5) is 28.9. The summed E-state index contributed by atoms with van der Waals surface area (Å²) in [6, 6.07) is 4.58. The molecule has 0 aliphatic carbocycles. The minimum atomic E-state index is -0.555. The van der Waals surface area contributed by atoms with Crippen molar-refractivity contribution in [3.8, 4) is 11.3 Å². The van der Waals surface area contributed by atoms with E-state index < -0.39 is 5.82 Å². The first kappa shape index (κ1) is 23.0. The van der Waals surface area contributed by atoms with Gasteiger partial charge in [-0.25, -0.2) is 19.3 Å². The highest BCUT2D eigenvalue weighted by Gasteiger charge is 2.29. The number of anilines is 1. The van der Waals surface area contributed by atoms with Crippen LogP contribution in [0.1, 0.15) is 23.5 Å². The predicted molar refractivity (Wildman–Crippen MR) is 131 cm³/mol. The van der Waals surface area contributed by atoms with Gasteiger partial charge in [0.15, 0.2) is 5.52 Å². The molecule has 0 saturated carbocycles. The third kappa shape index (κ3) is 3.93. The van der Waals surface area contributed by atoms with E-state index in [-0.39, 0.29) is 45.0 Å². The summed E-state index contributed by atoms with van der Waals surface area (Å²) < 4.78 is 29.6. The molecule has 0 N–H and O–H groups in total. The summed E-state index contributed by atoms with van der Waals surface area (Å²) in [5.41, 5.74) is 1.41. The van der Waals surface area contributed by atoms with Crippen LogP contribution in [-0.4, -0.2) is 62.2 Å². The van der Waals surface area contributed by atoms with Crippen molar-refractivity contribution >= 4 is 28.6 Å². The maximum absolute atomic E-state index is 15.0. The normalized spacial score (nSPS) is 18.6. The summed E-state index contributed by atoms with van der Waals surface area (Å²) in [7, 11) is 1.63. The van der Waals surface area contributed by atoms with Crippen LogP contribution in [0.2, 0.25) is 5.02 Å². The molecule has 12 heteroatoms. The summed E-state index contributed by atoms with van der Waals surface area (Å²) >= 11 is 5.98. The van der Waals surface area contributed by atoms with E-state index in [9.17, 15) is 9.18 Å². The molecule has 36 heavy (non-hydrogen) atoms. The molecule has 0 spiro atoms. The second kappa shape index (κ2) is 8.91. The van der Waals surface area contributed by atoms with Gasteiger partial charge < -0.3 is 14.4 Å². The zero-order valence-electron chi connectivity index (χ0n) is 19.7. The fourth-order valence-corrected chi connectivity index (χ4v) is 4.54. The fourth-order valence-electron chi connectivity index (χ4n) is 4.38. The Bertz CT molecular complexity index is 1530. The van der Waals surface area contributed by atoms with E-state index in [1.54, 1.807) is 32.3 Å². The standard InChI is InChI=1S/C24H23ClFN7O3/c1-13-28-21-20(17-4-3-15(25)7-18(17)26)29-24(30-22(21)23(34)31(13)2)32-5-6-36-19(10-32)14-8-27-33(9-14)16-11-35-12-16/h3-4,7-9,16,19H,5-6,10-12H2,1-2H3/t19-/m1/s1. The van der Waals surface area contributed by atoms with Crippen LogP contribution in [0.3, 0.4) is 0 Å². The average molecular weight is 512 g/mol. The van der Waals surface area contributed by atoms with Gasteiger partial charge in [-0.05, 0) is 25.1 Å². The van der Waals surface area contributed by atoms with Crippen molar-refractivity contribution < 1.29 is 13.9 Å². The van der Waals surface area contributed by atoms with Crippen LogP contribution in [0.4, 0.5) is 10.3 Å². The smallest absolute Gasteiger partial charge is 0.279 e. The molecule has 10 nitrogen and oxygen atoms in total. The lowest BCUT2D eigenvalue weighted by molar-refractivity contribution is -0.0288. The van der Waals surface area contributed by atoms with E-state index in [0.717, 1.165) is 5.56 Å². The molecule has 1 aromatic carbocycles. The molecule has 5 heterocycles. The van der Waals surface area contributed by atoms with Crippen molar-refractivity contribution in [3.63, 3.8) is 0 Å². The SMILES string of the molecule is Cc1nc2c(-c3ccc(Cl)cc3F)nc(N3CCO[C@@H](c4cnn(C5COC5)c4)C3)nc2c(=O)n1C. The minimum Gasteiger partial charge on any atom is -0.377 e. The molecule has 1 atom stereocenters. The summed E-state index contributed by atoms with van der Waals surface area (Å²) in [6.45, 7) is 4.39. The van der Waals surface area contributed by atoms with Crippen LogP contribution in [0, 0.1) is 12.7 Å². The van der Waals surface area contributed by atoms with E-state index in [2.05, 4.69) is 15.1 Å². The molecule has 0 radical (unpaired) electrons. The Labute approximate surface area is 210 Å². The number of aromatic nitrogens is 6. The van der Waals surface area contributed by atoms with E-state index >= 15 is 0 Å². The highest BCUT2D eigenvalue weighted by molar-refractivity contribution is 6.30. The van der Waals surface area contributed by atoms with Crippen LogP contribution in [0.25, 0.3) is 22.3 Å². The molecule has 3 aromatic heterocycles. The molecule has 0 unspecified atom stereocenters. The zero-order chi connectivity index (χ0) is 25.0. The Morgan fingerprint density at radius 3 is 2.75 bits per heavy atom. The molecule has 4 aromatic rings. The number of halogens is 2. The molecule has 2 saturated heterocycles. The van der Waals surface area contributed by atoms with Crippen LogP contribution in [-0.2, 0) is 16.5 Å². The minimum absolute atomic E-state index is 0.123. The first-order valence-corrected chi connectivity index (χ1v) is 12.0. The summed E-state index contributed by atoms with van der Waals surface area (Å²) in [5.74, 6) is 0.225. The lowest BCUT2D eigenvalue weighted by atomic mass is 10.1. The van der Waals surface area contributed by atoms with Gasteiger partial charge in [-0.15, -0.1) is 0 Å². The Morgan fingerprint density at radius 2 is 2.00 bits per heavy atom. The molecule has 2 fully saturated rings. The highest BCUT2D eigenvalue weighted by Crippen LogP contribution is 2.31. The topological polar surface area (TPSA) is 100 Å². The largest absolute Gasteiger partial charge is 0.377 e. The number of hydrogen-bond donors (Lipinski definition) is 0. The van der Waals surface area contributed by atoms with Gasteiger partial charge in [0.1, 0.15) is 29.0 Å². The lowest BCUT2D eigenvalue weighted by Gasteiger charge is -2.33. The zero-order valence-corrected chi connectivity index (χ0v) is 20.4.